The number of likely N-dealkylation sites (tertiary alicyclic amines) is 1. The molecule has 0 aromatic heterocycles. The molecule has 2 N–H and O–H groups in total. The van der Waals surface area contributed by atoms with Gasteiger partial charge in [-0.05, 0) is 44.8 Å². The number of likely N-dealkylation sites (N-methyl/N-ethyl adjacent to an activating group) is 1. The van der Waals surface area contributed by atoms with E-state index in [2.05, 4.69) is 23.9 Å². The van der Waals surface area contributed by atoms with Crippen molar-refractivity contribution in [2.45, 2.75) is 19.0 Å². The topological polar surface area (TPSA) is 41.7 Å². The van der Waals surface area contributed by atoms with Gasteiger partial charge >= 0.3 is 0 Å². The van der Waals surface area contributed by atoms with E-state index in [1.807, 2.05) is 24.3 Å². The molecule has 1 unspecified atom stereocenters. The second-order valence-electron chi connectivity index (χ2n) is 5.40. The predicted octanol–water partition coefficient (Wildman–Crippen LogP) is 1.16. The largest absolute Gasteiger partial charge is 0.492 e. The molecule has 0 saturated carbocycles. The molecule has 1 aliphatic rings. The van der Waals surface area contributed by atoms with Crippen LogP contribution in [-0.2, 0) is 6.54 Å². The maximum absolute atomic E-state index is 5.77. The monoisotopic (exact) mass is 263 g/mol. The third-order valence-electron chi connectivity index (χ3n) is 3.81. The molecular formula is C15H25N3O. The summed E-state index contributed by atoms with van der Waals surface area (Å²) in [6.07, 6.45) is 1.26. The van der Waals surface area contributed by atoms with Crippen LogP contribution in [0.3, 0.4) is 0 Å². The van der Waals surface area contributed by atoms with Gasteiger partial charge in [-0.1, -0.05) is 12.1 Å². The first-order valence-electron chi connectivity index (χ1n) is 6.99. The first-order chi connectivity index (χ1) is 9.19. The van der Waals surface area contributed by atoms with Crippen molar-refractivity contribution in [2.75, 3.05) is 40.3 Å². The van der Waals surface area contributed by atoms with Gasteiger partial charge in [0.15, 0.2) is 0 Å². The molecule has 106 valence electrons. The van der Waals surface area contributed by atoms with Gasteiger partial charge in [-0.25, -0.2) is 0 Å². The summed E-state index contributed by atoms with van der Waals surface area (Å²) in [6, 6.07) is 8.73. The summed E-state index contributed by atoms with van der Waals surface area (Å²) in [5, 5.41) is 0. The highest BCUT2D eigenvalue weighted by molar-refractivity contribution is 5.27. The standard InChI is InChI=1S/C15H25N3O/c1-17(2)14-7-8-18(12-14)9-10-19-15-5-3-13(11-16)4-6-15/h3-6,14H,7-12,16H2,1-2H3. The summed E-state index contributed by atoms with van der Waals surface area (Å²) < 4.78 is 5.77. The van der Waals surface area contributed by atoms with Crippen molar-refractivity contribution in [1.82, 2.24) is 9.80 Å². The lowest BCUT2D eigenvalue weighted by Gasteiger charge is -2.20. The Morgan fingerprint density at radius 2 is 2.05 bits per heavy atom. The molecule has 1 fully saturated rings. The van der Waals surface area contributed by atoms with Crippen LogP contribution in [-0.4, -0.2) is 56.2 Å². The SMILES string of the molecule is CN(C)C1CCN(CCOc2ccc(CN)cc2)C1. The van der Waals surface area contributed by atoms with Gasteiger partial charge in [0.25, 0.3) is 0 Å². The molecule has 0 amide bonds. The minimum Gasteiger partial charge on any atom is -0.492 e. The molecule has 4 heteroatoms. The lowest BCUT2D eigenvalue weighted by molar-refractivity contribution is 0.220. The van der Waals surface area contributed by atoms with Gasteiger partial charge in [0, 0.05) is 25.7 Å². The number of hydrogen-bond donors (Lipinski definition) is 1. The Morgan fingerprint density at radius 1 is 1.32 bits per heavy atom. The first-order valence-corrected chi connectivity index (χ1v) is 6.99. The van der Waals surface area contributed by atoms with Gasteiger partial charge in [-0.3, -0.25) is 4.90 Å². The molecule has 0 radical (unpaired) electrons. The molecule has 1 heterocycles. The van der Waals surface area contributed by atoms with Gasteiger partial charge < -0.3 is 15.4 Å². The molecule has 0 aliphatic carbocycles. The van der Waals surface area contributed by atoms with E-state index in [-0.39, 0.29) is 0 Å². The van der Waals surface area contributed by atoms with Crippen LogP contribution in [0.5, 0.6) is 5.75 Å². The second kappa shape index (κ2) is 6.89. The average molecular weight is 263 g/mol. The van der Waals surface area contributed by atoms with Gasteiger partial charge in [-0.2, -0.15) is 0 Å². The zero-order valence-corrected chi connectivity index (χ0v) is 12.0. The van der Waals surface area contributed by atoms with Crippen molar-refractivity contribution < 1.29 is 4.74 Å². The fraction of sp³-hybridized carbons (Fsp3) is 0.600. The number of ether oxygens (including phenoxy) is 1. The van der Waals surface area contributed by atoms with Crippen LogP contribution in [0.2, 0.25) is 0 Å². The van der Waals surface area contributed by atoms with E-state index in [9.17, 15) is 0 Å². The van der Waals surface area contributed by atoms with Gasteiger partial charge in [0.05, 0.1) is 0 Å². The summed E-state index contributed by atoms with van der Waals surface area (Å²) in [5.41, 5.74) is 6.71. The molecule has 1 atom stereocenters. The second-order valence-corrected chi connectivity index (χ2v) is 5.40. The van der Waals surface area contributed by atoms with Crippen LogP contribution in [0.1, 0.15) is 12.0 Å². The van der Waals surface area contributed by atoms with E-state index < -0.39 is 0 Å². The van der Waals surface area contributed by atoms with Crippen LogP contribution in [0.25, 0.3) is 0 Å². The zero-order chi connectivity index (χ0) is 13.7. The van der Waals surface area contributed by atoms with Crippen LogP contribution in [0.4, 0.5) is 0 Å². The van der Waals surface area contributed by atoms with E-state index in [0.29, 0.717) is 12.6 Å². The lowest BCUT2D eigenvalue weighted by Crippen LogP contribution is -2.33. The number of nitrogens with zero attached hydrogens (tertiary/aromatic N) is 2. The first kappa shape index (κ1) is 14.3. The minimum absolute atomic E-state index is 0.583. The fourth-order valence-corrected chi connectivity index (χ4v) is 2.45. The Balaban J connectivity index is 1.69. The molecule has 2 rings (SSSR count). The lowest BCUT2D eigenvalue weighted by atomic mass is 10.2. The normalized spacial score (nSPS) is 20.1. The van der Waals surface area contributed by atoms with Crippen molar-refractivity contribution in [2.24, 2.45) is 5.73 Å². The van der Waals surface area contributed by atoms with E-state index in [1.54, 1.807) is 0 Å². The number of nitrogens with two attached hydrogens (primary N) is 1. The summed E-state index contributed by atoms with van der Waals surface area (Å²) in [5.74, 6) is 0.931. The third kappa shape index (κ3) is 4.20. The highest BCUT2D eigenvalue weighted by Gasteiger charge is 2.23. The zero-order valence-electron chi connectivity index (χ0n) is 12.0. The summed E-state index contributed by atoms with van der Waals surface area (Å²) in [7, 11) is 4.31. The van der Waals surface area contributed by atoms with Crippen LogP contribution >= 0.6 is 0 Å². The van der Waals surface area contributed by atoms with Gasteiger partial charge in [0.2, 0.25) is 0 Å². The molecule has 1 aromatic carbocycles. The smallest absolute Gasteiger partial charge is 0.119 e. The third-order valence-corrected chi connectivity index (χ3v) is 3.81. The van der Waals surface area contributed by atoms with Gasteiger partial charge in [-0.15, -0.1) is 0 Å². The van der Waals surface area contributed by atoms with Crippen molar-refractivity contribution >= 4 is 0 Å². The fourth-order valence-electron chi connectivity index (χ4n) is 2.45. The molecule has 0 spiro atoms. The number of rotatable bonds is 6. The van der Waals surface area contributed by atoms with Crippen molar-refractivity contribution in [1.29, 1.82) is 0 Å². The summed E-state index contributed by atoms with van der Waals surface area (Å²) >= 11 is 0. The van der Waals surface area contributed by atoms with Crippen molar-refractivity contribution in [3.8, 4) is 5.75 Å². The van der Waals surface area contributed by atoms with E-state index >= 15 is 0 Å². The number of hydrogen-bond acceptors (Lipinski definition) is 4. The molecular weight excluding hydrogens is 238 g/mol. The van der Waals surface area contributed by atoms with Crippen molar-refractivity contribution in [3.05, 3.63) is 29.8 Å². The Hall–Kier alpha value is -1.10. The molecule has 0 bridgehead atoms. The molecule has 1 saturated heterocycles. The Morgan fingerprint density at radius 3 is 2.63 bits per heavy atom. The molecule has 1 aliphatic heterocycles. The number of benzene rings is 1. The Bertz CT molecular complexity index is 377. The van der Waals surface area contributed by atoms with E-state index in [4.69, 9.17) is 10.5 Å². The van der Waals surface area contributed by atoms with E-state index in [1.165, 1.54) is 13.0 Å². The highest BCUT2D eigenvalue weighted by atomic mass is 16.5. The van der Waals surface area contributed by atoms with Gasteiger partial charge in [0.1, 0.15) is 12.4 Å². The summed E-state index contributed by atoms with van der Waals surface area (Å²) in [4.78, 5) is 4.78. The Labute approximate surface area is 116 Å². The van der Waals surface area contributed by atoms with Crippen LogP contribution in [0, 0.1) is 0 Å². The Kier molecular flexibility index (Phi) is 5.19. The molecule has 4 nitrogen and oxygen atoms in total. The minimum atomic E-state index is 0.583. The van der Waals surface area contributed by atoms with Crippen molar-refractivity contribution in [3.63, 3.8) is 0 Å². The highest BCUT2D eigenvalue weighted by Crippen LogP contribution is 2.14. The maximum Gasteiger partial charge on any atom is 0.119 e. The molecule has 1 aromatic rings. The van der Waals surface area contributed by atoms with Crippen LogP contribution < -0.4 is 10.5 Å². The summed E-state index contributed by atoms with van der Waals surface area (Å²) in [6.45, 7) is 4.67. The maximum atomic E-state index is 5.77. The average Bonchev–Trinajstić information content (AvgIpc) is 2.89. The quantitative estimate of drug-likeness (QED) is 0.836. The predicted molar refractivity (Wildman–Crippen MR) is 78.4 cm³/mol. The van der Waals surface area contributed by atoms with Crippen LogP contribution in [0.15, 0.2) is 24.3 Å². The molecule has 19 heavy (non-hydrogen) atoms. The van der Waals surface area contributed by atoms with E-state index in [0.717, 1.165) is 31.0 Å².